The first-order valence-corrected chi connectivity index (χ1v) is 10.1. The average molecular weight is 373 g/mol. The predicted octanol–water partition coefficient (Wildman–Crippen LogP) is 3.55. The van der Waals surface area contributed by atoms with Crippen LogP contribution in [0.5, 0.6) is 0 Å². The summed E-state index contributed by atoms with van der Waals surface area (Å²) in [7, 11) is 1.78. The van der Waals surface area contributed by atoms with E-state index in [0.717, 1.165) is 49.3 Å². The molecule has 3 rings (SSSR count). The van der Waals surface area contributed by atoms with Gasteiger partial charge in [-0.25, -0.2) is 9.98 Å². The quantitative estimate of drug-likeness (QED) is 0.622. The van der Waals surface area contributed by atoms with Gasteiger partial charge < -0.3 is 15.0 Å². The van der Waals surface area contributed by atoms with Crippen molar-refractivity contribution in [2.24, 2.45) is 10.9 Å². The number of nitrogens with one attached hydrogen (secondary N) is 1. The summed E-state index contributed by atoms with van der Waals surface area (Å²) in [6.07, 6.45) is 1.16. The largest absolute Gasteiger partial charge is 0.384 e. The Balaban J connectivity index is 1.71. The molecular formula is C20H28N4OS. The number of benzene rings is 1. The van der Waals surface area contributed by atoms with Gasteiger partial charge in [0.25, 0.3) is 0 Å². The molecule has 1 fully saturated rings. The third-order valence-corrected chi connectivity index (χ3v) is 5.80. The zero-order valence-electron chi connectivity index (χ0n) is 15.9. The van der Waals surface area contributed by atoms with Gasteiger partial charge in [-0.05, 0) is 20.3 Å². The van der Waals surface area contributed by atoms with Crippen LogP contribution in [0.2, 0.25) is 0 Å². The summed E-state index contributed by atoms with van der Waals surface area (Å²) in [5, 5.41) is 4.50. The minimum atomic E-state index is 0.596. The van der Waals surface area contributed by atoms with E-state index in [0.29, 0.717) is 12.5 Å². The van der Waals surface area contributed by atoms with E-state index in [1.54, 1.807) is 18.4 Å². The van der Waals surface area contributed by atoms with Gasteiger partial charge >= 0.3 is 0 Å². The van der Waals surface area contributed by atoms with Crippen molar-refractivity contribution in [1.82, 2.24) is 15.2 Å². The summed E-state index contributed by atoms with van der Waals surface area (Å²) < 4.78 is 5.31. The number of thiazole rings is 1. The normalized spacial score (nSPS) is 17.7. The van der Waals surface area contributed by atoms with Crippen molar-refractivity contribution in [2.75, 3.05) is 33.4 Å². The molecule has 1 N–H and O–H groups in total. The molecule has 1 saturated heterocycles. The molecule has 2 aromatic rings. The molecule has 5 nitrogen and oxygen atoms in total. The molecule has 1 aromatic heterocycles. The van der Waals surface area contributed by atoms with Crippen molar-refractivity contribution in [1.29, 1.82) is 0 Å². The van der Waals surface area contributed by atoms with Gasteiger partial charge in [0.05, 0.1) is 18.8 Å². The van der Waals surface area contributed by atoms with Gasteiger partial charge in [0, 0.05) is 43.1 Å². The minimum absolute atomic E-state index is 0.596. The van der Waals surface area contributed by atoms with Crippen LogP contribution in [0.4, 0.5) is 0 Å². The monoisotopic (exact) mass is 372 g/mol. The van der Waals surface area contributed by atoms with Crippen LogP contribution in [0.1, 0.15) is 23.9 Å². The maximum atomic E-state index is 5.31. The van der Waals surface area contributed by atoms with Crippen molar-refractivity contribution in [3.05, 3.63) is 40.9 Å². The van der Waals surface area contributed by atoms with Crippen LogP contribution in [0.15, 0.2) is 35.3 Å². The number of nitrogens with zero attached hydrogens (tertiary/aromatic N) is 3. The zero-order valence-corrected chi connectivity index (χ0v) is 16.7. The first-order valence-electron chi connectivity index (χ1n) is 9.25. The number of aliphatic imine (C=N–C) groups is 1. The highest BCUT2D eigenvalue weighted by Gasteiger charge is 2.24. The van der Waals surface area contributed by atoms with E-state index in [9.17, 15) is 0 Å². The van der Waals surface area contributed by atoms with Crippen LogP contribution in [0.25, 0.3) is 10.6 Å². The second kappa shape index (κ2) is 9.14. The Morgan fingerprint density at radius 1 is 1.38 bits per heavy atom. The molecule has 2 heterocycles. The maximum Gasteiger partial charge on any atom is 0.194 e. The molecule has 0 saturated carbocycles. The second-order valence-corrected chi connectivity index (χ2v) is 7.70. The van der Waals surface area contributed by atoms with Crippen molar-refractivity contribution in [3.63, 3.8) is 0 Å². The number of likely N-dealkylation sites (tertiary alicyclic amines) is 1. The van der Waals surface area contributed by atoms with Crippen LogP contribution >= 0.6 is 11.3 Å². The number of hydrogen-bond donors (Lipinski definition) is 1. The van der Waals surface area contributed by atoms with Gasteiger partial charge in [-0.2, -0.15) is 0 Å². The van der Waals surface area contributed by atoms with Gasteiger partial charge in [-0.15, -0.1) is 11.3 Å². The Bertz CT molecular complexity index is 729. The third kappa shape index (κ3) is 4.62. The van der Waals surface area contributed by atoms with E-state index in [2.05, 4.69) is 48.3 Å². The summed E-state index contributed by atoms with van der Waals surface area (Å²) in [4.78, 5) is 13.2. The summed E-state index contributed by atoms with van der Waals surface area (Å²) in [5.41, 5.74) is 2.25. The van der Waals surface area contributed by atoms with Gasteiger partial charge in [0.2, 0.25) is 0 Å². The number of rotatable bonds is 6. The molecule has 6 heteroatoms. The Morgan fingerprint density at radius 3 is 2.92 bits per heavy atom. The van der Waals surface area contributed by atoms with Crippen LogP contribution in [-0.2, 0) is 11.3 Å². The molecule has 0 bridgehead atoms. The first kappa shape index (κ1) is 18.9. The fraction of sp³-hybridized carbons (Fsp3) is 0.500. The van der Waals surface area contributed by atoms with E-state index in [4.69, 9.17) is 14.7 Å². The molecule has 0 amide bonds. The molecule has 1 aromatic carbocycles. The Kier molecular flexibility index (Phi) is 6.63. The lowest BCUT2D eigenvalue weighted by molar-refractivity contribution is 0.157. The number of aromatic nitrogens is 1. The highest BCUT2D eigenvalue weighted by Crippen LogP contribution is 2.28. The number of aryl methyl sites for hydroxylation is 1. The summed E-state index contributed by atoms with van der Waals surface area (Å²) in [6, 6.07) is 10.4. The predicted molar refractivity (Wildman–Crippen MR) is 109 cm³/mol. The fourth-order valence-electron chi connectivity index (χ4n) is 3.25. The van der Waals surface area contributed by atoms with Crippen LogP contribution in [-0.4, -0.2) is 49.2 Å². The SMILES string of the molecule is CCNC(=NCc1sc(-c2ccccc2)nc1C)N1CCC(COC)C1. The minimum Gasteiger partial charge on any atom is -0.384 e. The molecule has 1 atom stereocenters. The number of ether oxygens (including phenoxy) is 1. The Labute approximate surface area is 160 Å². The lowest BCUT2D eigenvalue weighted by atomic mass is 10.1. The Hall–Kier alpha value is -1.92. The van der Waals surface area contributed by atoms with Crippen molar-refractivity contribution < 1.29 is 4.74 Å². The highest BCUT2D eigenvalue weighted by molar-refractivity contribution is 7.15. The lowest BCUT2D eigenvalue weighted by Crippen LogP contribution is -2.40. The fourth-order valence-corrected chi connectivity index (χ4v) is 4.24. The van der Waals surface area contributed by atoms with E-state index in [1.807, 2.05) is 6.07 Å². The molecule has 1 unspecified atom stereocenters. The first-order chi connectivity index (χ1) is 12.7. The van der Waals surface area contributed by atoms with Crippen LogP contribution in [0, 0.1) is 12.8 Å². The zero-order chi connectivity index (χ0) is 18.4. The molecular weight excluding hydrogens is 344 g/mol. The second-order valence-electron chi connectivity index (χ2n) is 6.62. The number of methoxy groups -OCH3 is 1. The molecule has 0 aliphatic carbocycles. The average Bonchev–Trinajstić information content (AvgIpc) is 3.27. The number of guanidine groups is 1. The third-order valence-electron chi connectivity index (χ3n) is 4.61. The van der Waals surface area contributed by atoms with Gasteiger partial charge in [-0.3, -0.25) is 0 Å². The van der Waals surface area contributed by atoms with Crippen LogP contribution < -0.4 is 5.32 Å². The molecule has 0 radical (unpaired) electrons. The van der Waals surface area contributed by atoms with E-state index < -0.39 is 0 Å². The molecule has 26 heavy (non-hydrogen) atoms. The van der Waals surface area contributed by atoms with E-state index >= 15 is 0 Å². The van der Waals surface area contributed by atoms with Gasteiger partial charge in [-0.1, -0.05) is 30.3 Å². The topological polar surface area (TPSA) is 49.8 Å². The summed E-state index contributed by atoms with van der Waals surface area (Å²) in [5.74, 6) is 1.60. The highest BCUT2D eigenvalue weighted by atomic mass is 32.1. The standard InChI is InChI=1S/C20H28N4OS/c1-4-21-20(24-11-10-16(13-24)14-25-3)22-12-18-15(2)23-19(26-18)17-8-6-5-7-9-17/h5-9,16H,4,10-14H2,1-3H3,(H,21,22). The lowest BCUT2D eigenvalue weighted by Gasteiger charge is -2.21. The Morgan fingerprint density at radius 2 is 2.19 bits per heavy atom. The van der Waals surface area contributed by atoms with Crippen LogP contribution in [0.3, 0.4) is 0 Å². The molecule has 1 aliphatic rings. The van der Waals surface area contributed by atoms with E-state index in [-0.39, 0.29) is 0 Å². The van der Waals surface area contributed by atoms with Crippen molar-refractivity contribution in [3.8, 4) is 10.6 Å². The summed E-state index contributed by atoms with van der Waals surface area (Å²) >= 11 is 1.74. The van der Waals surface area contributed by atoms with Gasteiger partial charge in [0.1, 0.15) is 5.01 Å². The molecule has 0 spiro atoms. The van der Waals surface area contributed by atoms with Crippen molar-refractivity contribution in [2.45, 2.75) is 26.8 Å². The molecule has 1 aliphatic heterocycles. The number of hydrogen-bond acceptors (Lipinski definition) is 4. The van der Waals surface area contributed by atoms with E-state index in [1.165, 1.54) is 10.4 Å². The van der Waals surface area contributed by atoms with Gasteiger partial charge in [0.15, 0.2) is 5.96 Å². The smallest absolute Gasteiger partial charge is 0.194 e. The summed E-state index contributed by atoms with van der Waals surface area (Å²) in [6.45, 7) is 8.61. The molecule has 140 valence electrons. The maximum absolute atomic E-state index is 5.31. The van der Waals surface area contributed by atoms with Crippen molar-refractivity contribution >= 4 is 17.3 Å².